The Morgan fingerprint density at radius 2 is 1.61 bits per heavy atom. The van der Waals surface area contributed by atoms with E-state index in [9.17, 15) is 17.6 Å². The monoisotopic (exact) mass is 433 g/mol. The summed E-state index contributed by atoms with van der Waals surface area (Å²) in [5.41, 5.74) is 0.786. The Hall–Kier alpha value is -2.39. The molecule has 2 nitrogen and oxygen atoms in total. The van der Waals surface area contributed by atoms with Crippen molar-refractivity contribution in [2.45, 2.75) is 70.5 Å². The van der Waals surface area contributed by atoms with Gasteiger partial charge in [0.25, 0.3) is 0 Å². The first kappa shape index (κ1) is 23.3. The summed E-state index contributed by atoms with van der Waals surface area (Å²) >= 11 is 0. The maximum absolute atomic E-state index is 14.2. The largest absolute Gasteiger partial charge is 0.360 e. The highest BCUT2D eigenvalue weighted by Crippen LogP contribution is 2.37. The van der Waals surface area contributed by atoms with Gasteiger partial charge in [-0.05, 0) is 66.3 Å². The first-order valence-corrected chi connectivity index (χ1v) is 10.8. The molecule has 0 amide bonds. The molecule has 0 heterocycles. The number of hydrogen-bond donors (Lipinski definition) is 0. The van der Waals surface area contributed by atoms with Crippen molar-refractivity contribution >= 4 is 0 Å². The van der Waals surface area contributed by atoms with Gasteiger partial charge in [-0.3, -0.25) is 0 Å². The van der Waals surface area contributed by atoms with E-state index in [-0.39, 0.29) is 12.2 Å². The first-order chi connectivity index (χ1) is 14.8. The van der Waals surface area contributed by atoms with E-state index in [0.717, 1.165) is 30.9 Å². The molecule has 0 spiro atoms. The van der Waals surface area contributed by atoms with E-state index < -0.39 is 29.7 Å². The number of ether oxygens (including phenoxy) is 1. The van der Waals surface area contributed by atoms with Crippen molar-refractivity contribution in [2.75, 3.05) is 0 Å². The third-order valence-electron chi connectivity index (χ3n) is 6.07. The van der Waals surface area contributed by atoms with Gasteiger partial charge >= 0.3 is 6.11 Å². The maximum atomic E-state index is 14.2. The third kappa shape index (κ3) is 6.30. The Morgan fingerprint density at radius 1 is 1.00 bits per heavy atom. The lowest BCUT2D eigenvalue weighted by molar-refractivity contribution is -0.244. The van der Waals surface area contributed by atoms with Crippen LogP contribution in [0.25, 0.3) is 0 Å². The van der Waals surface area contributed by atoms with Gasteiger partial charge in [0.2, 0.25) is 0 Å². The average Bonchev–Trinajstić information content (AvgIpc) is 2.73. The molecule has 3 rings (SSSR count). The van der Waals surface area contributed by atoms with Crippen molar-refractivity contribution in [3.05, 3.63) is 70.3 Å². The summed E-state index contributed by atoms with van der Waals surface area (Å²) in [6.07, 6.45) is 2.75. The minimum atomic E-state index is -3.59. The number of rotatable bonds is 8. The number of benzene rings is 2. The SMILES string of the molecule is CCCC1CCC(c2ccc(COC(F)(F)Cc3cc(F)c(C#N)c(F)c3)cc2)CC1. The lowest BCUT2D eigenvalue weighted by Crippen LogP contribution is -2.24. The molecule has 0 saturated heterocycles. The standard InChI is InChI=1S/C25H27F4NO/c1-2-3-17-4-8-20(9-5-17)21-10-6-18(7-11-21)16-31-25(28,29)14-19-12-23(26)22(15-30)24(27)13-19/h6-7,10-13,17,20H,2-5,8-9,14,16H2,1H3. The summed E-state index contributed by atoms with van der Waals surface area (Å²) in [6.45, 7) is 1.91. The van der Waals surface area contributed by atoms with E-state index in [1.807, 2.05) is 12.1 Å². The molecule has 166 valence electrons. The van der Waals surface area contributed by atoms with Crippen LogP contribution in [0.4, 0.5) is 17.6 Å². The molecule has 1 aliphatic carbocycles. The fourth-order valence-electron chi connectivity index (χ4n) is 4.39. The molecule has 1 saturated carbocycles. The van der Waals surface area contributed by atoms with E-state index in [2.05, 4.69) is 6.92 Å². The van der Waals surface area contributed by atoms with E-state index in [0.29, 0.717) is 11.5 Å². The second-order valence-corrected chi connectivity index (χ2v) is 8.40. The summed E-state index contributed by atoms with van der Waals surface area (Å²) in [4.78, 5) is 0. The van der Waals surface area contributed by atoms with Gasteiger partial charge in [-0.1, -0.05) is 44.0 Å². The summed E-state index contributed by atoms with van der Waals surface area (Å²) < 4.78 is 60.4. The molecular formula is C25H27F4NO. The Bertz CT molecular complexity index is 889. The van der Waals surface area contributed by atoms with Crippen molar-refractivity contribution in [3.8, 4) is 6.07 Å². The van der Waals surface area contributed by atoms with Gasteiger partial charge in [0.15, 0.2) is 0 Å². The third-order valence-corrected chi connectivity index (χ3v) is 6.07. The number of nitriles is 1. The van der Waals surface area contributed by atoms with Crippen LogP contribution < -0.4 is 0 Å². The Labute approximate surface area is 180 Å². The lowest BCUT2D eigenvalue weighted by Gasteiger charge is -2.28. The van der Waals surface area contributed by atoms with Crippen molar-refractivity contribution in [2.24, 2.45) is 5.92 Å². The highest BCUT2D eigenvalue weighted by molar-refractivity contribution is 5.35. The van der Waals surface area contributed by atoms with Crippen molar-refractivity contribution < 1.29 is 22.3 Å². The van der Waals surface area contributed by atoms with Crippen LogP contribution in [0.1, 0.15) is 73.6 Å². The van der Waals surface area contributed by atoms with Crippen molar-refractivity contribution in [3.63, 3.8) is 0 Å². The molecule has 1 aliphatic rings. The summed E-state index contributed by atoms with van der Waals surface area (Å²) in [7, 11) is 0. The molecule has 2 aromatic rings. The number of alkyl halides is 2. The molecular weight excluding hydrogens is 406 g/mol. The lowest BCUT2D eigenvalue weighted by atomic mass is 9.77. The fourth-order valence-corrected chi connectivity index (χ4v) is 4.39. The molecule has 1 fully saturated rings. The van der Waals surface area contributed by atoms with Gasteiger partial charge in [-0.2, -0.15) is 14.0 Å². The molecule has 2 aromatic carbocycles. The molecule has 0 unspecified atom stereocenters. The van der Waals surface area contributed by atoms with Gasteiger partial charge in [0.05, 0.1) is 13.0 Å². The van der Waals surface area contributed by atoms with E-state index >= 15 is 0 Å². The van der Waals surface area contributed by atoms with Crippen LogP contribution in [0.3, 0.4) is 0 Å². The van der Waals surface area contributed by atoms with Crippen LogP contribution in [0.5, 0.6) is 0 Å². The van der Waals surface area contributed by atoms with Crippen LogP contribution >= 0.6 is 0 Å². The van der Waals surface area contributed by atoms with Crippen LogP contribution in [0, 0.1) is 28.9 Å². The smallest absolute Gasteiger partial charge is 0.315 e. The Morgan fingerprint density at radius 3 is 2.16 bits per heavy atom. The second-order valence-electron chi connectivity index (χ2n) is 8.40. The molecule has 0 aliphatic heterocycles. The van der Waals surface area contributed by atoms with E-state index in [1.165, 1.54) is 37.3 Å². The molecule has 0 atom stereocenters. The average molecular weight is 433 g/mol. The predicted octanol–water partition coefficient (Wildman–Crippen LogP) is 7.26. The molecule has 6 heteroatoms. The highest BCUT2D eigenvalue weighted by Gasteiger charge is 2.31. The maximum Gasteiger partial charge on any atom is 0.360 e. The molecule has 0 radical (unpaired) electrons. The minimum Gasteiger partial charge on any atom is -0.315 e. The highest BCUT2D eigenvalue weighted by atomic mass is 19.3. The summed E-state index contributed by atoms with van der Waals surface area (Å²) in [6, 6.07) is 10.4. The quantitative estimate of drug-likeness (QED) is 0.410. The van der Waals surface area contributed by atoms with Crippen molar-refractivity contribution in [1.82, 2.24) is 0 Å². The number of halogens is 4. The summed E-state index contributed by atoms with van der Waals surface area (Å²) in [5.74, 6) is -0.972. The van der Waals surface area contributed by atoms with Gasteiger partial charge in [0.1, 0.15) is 23.3 Å². The molecule has 0 aromatic heterocycles. The molecule has 0 N–H and O–H groups in total. The van der Waals surface area contributed by atoms with E-state index in [1.54, 1.807) is 12.1 Å². The number of hydrogen-bond acceptors (Lipinski definition) is 2. The number of nitrogens with zero attached hydrogens (tertiary/aromatic N) is 1. The minimum absolute atomic E-state index is 0.270. The topological polar surface area (TPSA) is 33.0 Å². The summed E-state index contributed by atoms with van der Waals surface area (Å²) in [5, 5.41) is 8.67. The fraction of sp³-hybridized carbons (Fsp3) is 0.480. The van der Waals surface area contributed by atoms with Gasteiger partial charge in [-0.25, -0.2) is 8.78 Å². The Kier molecular flexibility index (Phi) is 7.72. The zero-order valence-corrected chi connectivity index (χ0v) is 17.6. The second kappa shape index (κ2) is 10.3. The van der Waals surface area contributed by atoms with Gasteiger partial charge in [-0.15, -0.1) is 0 Å². The van der Waals surface area contributed by atoms with Gasteiger partial charge < -0.3 is 4.74 Å². The van der Waals surface area contributed by atoms with Gasteiger partial charge in [0, 0.05) is 0 Å². The Balaban J connectivity index is 1.54. The normalized spacial score (nSPS) is 19.2. The van der Waals surface area contributed by atoms with Crippen LogP contribution in [0.2, 0.25) is 0 Å². The zero-order valence-electron chi connectivity index (χ0n) is 17.6. The van der Waals surface area contributed by atoms with Crippen LogP contribution in [-0.2, 0) is 17.8 Å². The van der Waals surface area contributed by atoms with Crippen molar-refractivity contribution in [1.29, 1.82) is 5.26 Å². The zero-order chi connectivity index (χ0) is 22.4. The van der Waals surface area contributed by atoms with Crippen LogP contribution in [-0.4, -0.2) is 6.11 Å². The van der Waals surface area contributed by atoms with Crippen LogP contribution in [0.15, 0.2) is 36.4 Å². The predicted molar refractivity (Wildman–Crippen MR) is 111 cm³/mol. The first-order valence-electron chi connectivity index (χ1n) is 10.8. The molecule has 31 heavy (non-hydrogen) atoms. The van der Waals surface area contributed by atoms with E-state index in [4.69, 9.17) is 10.00 Å². The molecule has 0 bridgehead atoms.